The van der Waals surface area contributed by atoms with Crippen LogP contribution in [0.15, 0.2) is 17.5 Å². The molecule has 0 aliphatic carbocycles. The number of rotatable bonds is 3. The number of esters is 1. The number of amides is 1. The summed E-state index contributed by atoms with van der Waals surface area (Å²) in [5.74, 6) is -0.164. The van der Waals surface area contributed by atoms with Crippen molar-refractivity contribution in [2.45, 2.75) is 18.9 Å². The molecule has 0 spiro atoms. The Bertz CT molecular complexity index is 447. The third-order valence-electron chi connectivity index (χ3n) is 3.27. The van der Waals surface area contributed by atoms with E-state index in [1.165, 1.54) is 18.4 Å². The van der Waals surface area contributed by atoms with Gasteiger partial charge in [0, 0.05) is 19.1 Å². The number of carbonyl (C=O) groups is 2. The third kappa shape index (κ3) is 3.54. The molecule has 104 valence electrons. The lowest BCUT2D eigenvalue weighted by molar-refractivity contribution is -0.142. The van der Waals surface area contributed by atoms with Crippen molar-refractivity contribution in [3.8, 4) is 0 Å². The number of nitrogens with two attached hydrogens (primary N) is 1. The van der Waals surface area contributed by atoms with Gasteiger partial charge in [-0.3, -0.25) is 9.59 Å². The van der Waals surface area contributed by atoms with Crippen LogP contribution in [0.5, 0.6) is 0 Å². The molecular weight excluding hydrogens is 264 g/mol. The van der Waals surface area contributed by atoms with Gasteiger partial charge in [-0.15, -0.1) is 11.3 Å². The number of hydrogen-bond donors (Lipinski definition) is 1. The average molecular weight is 282 g/mol. The van der Waals surface area contributed by atoms with Crippen molar-refractivity contribution < 1.29 is 14.3 Å². The Hall–Kier alpha value is -1.40. The molecule has 0 saturated carbocycles. The van der Waals surface area contributed by atoms with Crippen LogP contribution in [-0.4, -0.2) is 43.0 Å². The van der Waals surface area contributed by atoms with Crippen molar-refractivity contribution in [2.24, 2.45) is 11.7 Å². The summed E-state index contributed by atoms with van der Waals surface area (Å²) in [4.78, 5) is 26.1. The van der Waals surface area contributed by atoms with Crippen LogP contribution in [0.3, 0.4) is 0 Å². The first-order valence-corrected chi connectivity index (χ1v) is 7.13. The molecule has 0 radical (unpaired) electrons. The first kappa shape index (κ1) is 14.0. The number of carbonyl (C=O) groups excluding carboxylic acids is 2. The van der Waals surface area contributed by atoms with Crippen LogP contribution in [0.2, 0.25) is 0 Å². The maximum absolute atomic E-state index is 12.3. The van der Waals surface area contributed by atoms with E-state index in [0.717, 1.165) is 6.42 Å². The lowest BCUT2D eigenvalue weighted by Gasteiger charge is -2.35. The Labute approximate surface area is 116 Å². The largest absolute Gasteiger partial charge is 0.469 e. The first-order chi connectivity index (χ1) is 9.10. The Balaban J connectivity index is 2.01. The molecule has 1 aromatic rings. The average Bonchev–Trinajstić information content (AvgIpc) is 2.90. The highest BCUT2D eigenvalue weighted by atomic mass is 32.1. The quantitative estimate of drug-likeness (QED) is 0.843. The molecule has 1 aliphatic rings. The highest BCUT2D eigenvalue weighted by Crippen LogP contribution is 2.22. The minimum atomic E-state index is -0.248. The lowest BCUT2D eigenvalue weighted by atomic mass is 9.92. The molecule has 2 unspecified atom stereocenters. The summed E-state index contributed by atoms with van der Waals surface area (Å²) in [7, 11) is 1.37. The van der Waals surface area contributed by atoms with Gasteiger partial charge in [0.1, 0.15) is 0 Å². The normalized spacial score (nSPS) is 23.2. The van der Waals surface area contributed by atoms with Crippen LogP contribution >= 0.6 is 11.3 Å². The maximum Gasteiger partial charge on any atom is 0.305 e. The van der Waals surface area contributed by atoms with Crippen LogP contribution in [-0.2, 0) is 9.53 Å². The van der Waals surface area contributed by atoms with Gasteiger partial charge in [-0.25, -0.2) is 0 Å². The topological polar surface area (TPSA) is 72.6 Å². The van der Waals surface area contributed by atoms with E-state index in [1.807, 2.05) is 17.5 Å². The summed E-state index contributed by atoms with van der Waals surface area (Å²) in [6, 6.07) is 3.59. The van der Waals surface area contributed by atoms with Crippen molar-refractivity contribution in [3.05, 3.63) is 22.4 Å². The van der Waals surface area contributed by atoms with E-state index in [-0.39, 0.29) is 23.8 Å². The summed E-state index contributed by atoms with van der Waals surface area (Å²) >= 11 is 1.42. The predicted octanol–water partition coefficient (Wildman–Crippen LogP) is 1.10. The molecule has 0 bridgehead atoms. The summed E-state index contributed by atoms with van der Waals surface area (Å²) in [6.45, 7) is 1.12. The van der Waals surface area contributed by atoms with Crippen LogP contribution < -0.4 is 5.73 Å². The summed E-state index contributed by atoms with van der Waals surface area (Å²) in [5.41, 5.74) is 5.98. The van der Waals surface area contributed by atoms with E-state index >= 15 is 0 Å². The fourth-order valence-corrected chi connectivity index (χ4v) is 3.13. The lowest BCUT2D eigenvalue weighted by Crippen LogP contribution is -2.49. The third-order valence-corrected chi connectivity index (χ3v) is 4.13. The SMILES string of the molecule is COC(=O)CC1CC(N)CN(C(=O)c2cccs2)C1. The van der Waals surface area contributed by atoms with Crippen LogP contribution in [0.25, 0.3) is 0 Å². The minimum Gasteiger partial charge on any atom is -0.469 e. The molecule has 6 heteroatoms. The molecule has 1 aromatic heterocycles. The highest BCUT2D eigenvalue weighted by molar-refractivity contribution is 7.12. The van der Waals surface area contributed by atoms with Gasteiger partial charge in [-0.2, -0.15) is 0 Å². The zero-order valence-electron chi connectivity index (χ0n) is 10.9. The molecule has 1 aliphatic heterocycles. The Morgan fingerprint density at radius 2 is 2.32 bits per heavy atom. The van der Waals surface area contributed by atoms with Crippen molar-refractivity contribution in [1.29, 1.82) is 0 Å². The highest BCUT2D eigenvalue weighted by Gasteiger charge is 2.30. The number of methoxy groups -OCH3 is 1. The van der Waals surface area contributed by atoms with Crippen LogP contribution in [0, 0.1) is 5.92 Å². The second-order valence-electron chi connectivity index (χ2n) is 4.83. The molecule has 1 fully saturated rings. The van der Waals surface area contributed by atoms with Gasteiger partial charge in [0.2, 0.25) is 0 Å². The molecule has 1 saturated heterocycles. The summed E-state index contributed by atoms with van der Waals surface area (Å²) in [6.07, 6.45) is 1.07. The number of thiophene rings is 1. The van der Waals surface area contributed by atoms with Gasteiger partial charge in [0.25, 0.3) is 5.91 Å². The summed E-state index contributed by atoms with van der Waals surface area (Å²) < 4.78 is 4.68. The summed E-state index contributed by atoms with van der Waals surface area (Å²) in [5, 5.41) is 1.88. The molecule has 2 atom stereocenters. The van der Waals surface area contributed by atoms with Gasteiger partial charge in [-0.1, -0.05) is 6.07 Å². The van der Waals surface area contributed by atoms with Crippen molar-refractivity contribution in [3.63, 3.8) is 0 Å². The second-order valence-corrected chi connectivity index (χ2v) is 5.78. The molecule has 2 rings (SSSR count). The van der Waals surface area contributed by atoms with E-state index in [0.29, 0.717) is 24.4 Å². The van der Waals surface area contributed by atoms with E-state index < -0.39 is 0 Å². The Kier molecular flexibility index (Phi) is 4.55. The number of piperidine rings is 1. The Morgan fingerprint density at radius 1 is 1.53 bits per heavy atom. The van der Waals surface area contributed by atoms with Crippen molar-refractivity contribution >= 4 is 23.2 Å². The zero-order valence-corrected chi connectivity index (χ0v) is 11.7. The molecule has 5 nitrogen and oxygen atoms in total. The molecular formula is C13H18N2O3S. The molecule has 0 aromatic carbocycles. The number of hydrogen-bond acceptors (Lipinski definition) is 5. The van der Waals surface area contributed by atoms with Crippen molar-refractivity contribution in [1.82, 2.24) is 4.90 Å². The fourth-order valence-electron chi connectivity index (χ4n) is 2.44. The minimum absolute atomic E-state index is 0.0000146. The molecule has 2 N–H and O–H groups in total. The van der Waals surface area contributed by atoms with Gasteiger partial charge < -0.3 is 15.4 Å². The fraction of sp³-hybridized carbons (Fsp3) is 0.538. The zero-order chi connectivity index (χ0) is 13.8. The number of nitrogens with zero attached hydrogens (tertiary/aromatic N) is 1. The first-order valence-electron chi connectivity index (χ1n) is 6.25. The van der Waals surface area contributed by atoms with Gasteiger partial charge in [0.15, 0.2) is 0 Å². The van der Waals surface area contributed by atoms with Crippen LogP contribution in [0.1, 0.15) is 22.5 Å². The maximum atomic E-state index is 12.3. The molecule has 1 amide bonds. The molecule has 19 heavy (non-hydrogen) atoms. The number of ether oxygens (including phenoxy) is 1. The Morgan fingerprint density at radius 3 is 2.95 bits per heavy atom. The van der Waals surface area contributed by atoms with Gasteiger partial charge >= 0.3 is 5.97 Å². The monoisotopic (exact) mass is 282 g/mol. The van der Waals surface area contributed by atoms with Crippen LogP contribution in [0.4, 0.5) is 0 Å². The smallest absolute Gasteiger partial charge is 0.305 e. The number of likely N-dealkylation sites (tertiary alicyclic amines) is 1. The van der Waals surface area contributed by atoms with Gasteiger partial charge in [0.05, 0.1) is 18.4 Å². The van der Waals surface area contributed by atoms with Gasteiger partial charge in [-0.05, 0) is 23.8 Å². The second kappa shape index (κ2) is 6.16. The van der Waals surface area contributed by atoms with E-state index in [2.05, 4.69) is 4.74 Å². The van der Waals surface area contributed by atoms with E-state index in [9.17, 15) is 9.59 Å². The predicted molar refractivity (Wildman–Crippen MR) is 72.9 cm³/mol. The van der Waals surface area contributed by atoms with E-state index in [1.54, 1.807) is 4.90 Å². The standard InChI is InChI=1S/C13H18N2O3S/c1-18-12(16)6-9-5-10(14)8-15(7-9)13(17)11-3-2-4-19-11/h2-4,9-10H,5-8,14H2,1H3. The van der Waals surface area contributed by atoms with E-state index in [4.69, 9.17) is 5.73 Å². The molecule has 2 heterocycles. The van der Waals surface area contributed by atoms with Crippen molar-refractivity contribution in [2.75, 3.05) is 20.2 Å².